The summed E-state index contributed by atoms with van der Waals surface area (Å²) in [5.74, 6) is 1.00. The van der Waals surface area contributed by atoms with Crippen molar-refractivity contribution in [3.05, 3.63) is 71.8 Å². The van der Waals surface area contributed by atoms with Crippen molar-refractivity contribution in [1.82, 2.24) is 10.2 Å². The Morgan fingerprint density at radius 1 is 0.964 bits per heavy atom. The zero-order valence-electron chi connectivity index (χ0n) is 16.9. The summed E-state index contributed by atoms with van der Waals surface area (Å²) in [4.78, 5) is 27.3. The molecule has 0 aliphatic carbocycles. The monoisotopic (exact) mass is 398 g/mol. The zero-order valence-corrected chi connectivity index (χ0v) is 17.7. The standard InChI is InChI=1S/C23H30N2O2S/c1-4-18(2)24-23(27)19(3)25(15-20-11-7-5-8-12-20)22(26)17-28-16-21-13-9-6-10-14-21/h5-14,18-19H,4,15-17H2,1-3H3,(H,24,27)/t18-,19+/m0/s1. The van der Waals surface area contributed by atoms with Crippen molar-refractivity contribution in [2.45, 2.75) is 51.6 Å². The van der Waals surface area contributed by atoms with Gasteiger partial charge < -0.3 is 10.2 Å². The number of rotatable bonds is 10. The summed E-state index contributed by atoms with van der Waals surface area (Å²) in [7, 11) is 0. The molecule has 0 saturated heterocycles. The average Bonchev–Trinajstić information content (AvgIpc) is 2.72. The first-order valence-electron chi connectivity index (χ1n) is 9.76. The Balaban J connectivity index is 2.03. The third kappa shape index (κ3) is 7.04. The van der Waals surface area contributed by atoms with Gasteiger partial charge in [-0.25, -0.2) is 0 Å². The molecule has 28 heavy (non-hydrogen) atoms. The number of amides is 2. The predicted molar refractivity (Wildman–Crippen MR) is 117 cm³/mol. The summed E-state index contributed by atoms with van der Waals surface area (Å²) < 4.78 is 0. The summed E-state index contributed by atoms with van der Waals surface area (Å²) in [6, 6.07) is 19.5. The van der Waals surface area contributed by atoms with E-state index >= 15 is 0 Å². The lowest BCUT2D eigenvalue weighted by Gasteiger charge is -2.29. The first-order chi connectivity index (χ1) is 13.5. The Bertz CT molecular complexity index is 737. The van der Waals surface area contributed by atoms with E-state index < -0.39 is 6.04 Å². The summed E-state index contributed by atoms with van der Waals surface area (Å²) >= 11 is 1.58. The Hall–Kier alpha value is -2.27. The number of nitrogens with zero attached hydrogens (tertiary/aromatic N) is 1. The van der Waals surface area contributed by atoms with Gasteiger partial charge in [0.15, 0.2) is 0 Å². The number of benzene rings is 2. The maximum absolute atomic E-state index is 13.0. The zero-order chi connectivity index (χ0) is 20.4. The maximum Gasteiger partial charge on any atom is 0.242 e. The van der Waals surface area contributed by atoms with Gasteiger partial charge in [-0.1, -0.05) is 67.6 Å². The molecule has 1 N–H and O–H groups in total. The van der Waals surface area contributed by atoms with Crippen molar-refractivity contribution in [1.29, 1.82) is 0 Å². The Morgan fingerprint density at radius 2 is 1.54 bits per heavy atom. The minimum atomic E-state index is -0.515. The maximum atomic E-state index is 13.0. The molecule has 5 heteroatoms. The smallest absolute Gasteiger partial charge is 0.242 e. The molecule has 0 radical (unpaired) electrons. The van der Waals surface area contributed by atoms with Crippen molar-refractivity contribution < 1.29 is 9.59 Å². The number of carbonyl (C=O) groups excluding carboxylic acids is 2. The molecule has 0 heterocycles. The molecule has 2 aromatic carbocycles. The molecule has 0 unspecified atom stereocenters. The second-order valence-corrected chi connectivity index (χ2v) is 7.97. The number of hydrogen-bond acceptors (Lipinski definition) is 3. The number of thioether (sulfide) groups is 1. The molecule has 0 aliphatic rings. The van der Waals surface area contributed by atoms with E-state index in [-0.39, 0.29) is 17.9 Å². The van der Waals surface area contributed by atoms with Gasteiger partial charge in [-0.15, -0.1) is 11.8 Å². The third-order valence-electron chi connectivity index (χ3n) is 4.70. The third-order valence-corrected chi connectivity index (χ3v) is 5.69. The van der Waals surface area contributed by atoms with Crippen LogP contribution in [-0.2, 0) is 21.9 Å². The molecule has 0 spiro atoms. The van der Waals surface area contributed by atoms with Gasteiger partial charge in [-0.2, -0.15) is 0 Å². The summed E-state index contributed by atoms with van der Waals surface area (Å²) in [6.07, 6.45) is 0.859. The molecule has 2 rings (SSSR count). The summed E-state index contributed by atoms with van der Waals surface area (Å²) in [6.45, 7) is 6.24. The van der Waals surface area contributed by atoms with E-state index in [2.05, 4.69) is 17.4 Å². The van der Waals surface area contributed by atoms with Crippen molar-refractivity contribution in [2.24, 2.45) is 0 Å². The number of nitrogens with one attached hydrogen (secondary N) is 1. The number of hydrogen-bond donors (Lipinski definition) is 1. The summed E-state index contributed by atoms with van der Waals surface area (Å²) in [5, 5.41) is 2.99. The highest BCUT2D eigenvalue weighted by molar-refractivity contribution is 7.99. The molecule has 0 fully saturated rings. The van der Waals surface area contributed by atoms with Gasteiger partial charge in [-0.3, -0.25) is 9.59 Å². The molecule has 4 nitrogen and oxygen atoms in total. The van der Waals surface area contributed by atoms with Crippen molar-refractivity contribution >= 4 is 23.6 Å². The fourth-order valence-electron chi connectivity index (χ4n) is 2.74. The lowest BCUT2D eigenvalue weighted by atomic mass is 10.1. The van der Waals surface area contributed by atoms with Crippen molar-refractivity contribution in [3.63, 3.8) is 0 Å². The van der Waals surface area contributed by atoms with E-state index in [1.165, 1.54) is 5.56 Å². The fraction of sp³-hybridized carbons (Fsp3) is 0.391. The lowest BCUT2D eigenvalue weighted by Crippen LogP contribution is -2.50. The quantitative estimate of drug-likeness (QED) is 0.651. The molecule has 2 atom stereocenters. The average molecular weight is 399 g/mol. The molecule has 150 valence electrons. The van der Waals surface area contributed by atoms with Crippen LogP contribution < -0.4 is 5.32 Å². The fourth-order valence-corrected chi connectivity index (χ4v) is 3.61. The van der Waals surface area contributed by atoms with Gasteiger partial charge in [0, 0.05) is 18.3 Å². The van der Waals surface area contributed by atoms with Gasteiger partial charge in [-0.05, 0) is 31.4 Å². The van der Waals surface area contributed by atoms with Crippen LogP contribution >= 0.6 is 11.8 Å². The Morgan fingerprint density at radius 3 is 2.11 bits per heavy atom. The highest BCUT2D eigenvalue weighted by atomic mass is 32.2. The molecule has 2 aromatic rings. The lowest BCUT2D eigenvalue weighted by molar-refractivity contribution is -0.138. The highest BCUT2D eigenvalue weighted by Gasteiger charge is 2.26. The van der Waals surface area contributed by atoms with Crippen LogP contribution in [0.1, 0.15) is 38.3 Å². The molecular weight excluding hydrogens is 368 g/mol. The van der Waals surface area contributed by atoms with Gasteiger partial charge in [0.25, 0.3) is 0 Å². The van der Waals surface area contributed by atoms with Gasteiger partial charge in [0.05, 0.1) is 5.75 Å². The van der Waals surface area contributed by atoms with Crippen LogP contribution in [0.3, 0.4) is 0 Å². The molecule has 0 aliphatic heterocycles. The predicted octanol–water partition coefficient (Wildman–Crippen LogP) is 4.25. The van der Waals surface area contributed by atoms with Gasteiger partial charge in [0.1, 0.15) is 6.04 Å². The van der Waals surface area contributed by atoms with Crippen LogP contribution in [0.25, 0.3) is 0 Å². The van der Waals surface area contributed by atoms with E-state index in [1.807, 2.05) is 62.4 Å². The molecule has 2 amide bonds. The van der Waals surface area contributed by atoms with Crippen LogP contribution in [0.15, 0.2) is 60.7 Å². The van der Waals surface area contributed by atoms with Gasteiger partial charge in [0.2, 0.25) is 11.8 Å². The molecule has 0 aromatic heterocycles. The largest absolute Gasteiger partial charge is 0.352 e. The topological polar surface area (TPSA) is 49.4 Å². The van der Waals surface area contributed by atoms with Crippen molar-refractivity contribution in [2.75, 3.05) is 5.75 Å². The number of carbonyl (C=O) groups is 2. The Labute approximate surface area is 172 Å². The van der Waals surface area contributed by atoms with E-state index in [1.54, 1.807) is 23.6 Å². The normalized spacial score (nSPS) is 12.8. The SMILES string of the molecule is CC[C@H](C)NC(=O)[C@@H](C)N(Cc1ccccc1)C(=O)CSCc1ccccc1. The van der Waals surface area contributed by atoms with E-state index in [9.17, 15) is 9.59 Å². The van der Waals surface area contributed by atoms with E-state index in [4.69, 9.17) is 0 Å². The van der Waals surface area contributed by atoms with Crippen LogP contribution in [0.2, 0.25) is 0 Å². The second kappa shape index (κ2) is 11.5. The van der Waals surface area contributed by atoms with Crippen LogP contribution in [0.4, 0.5) is 0 Å². The highest BCUT2D eigenvalue weighted by Crippen LogP contribution is 2.16. The van der Waals surface area contributed by atoms with Crippen molar-refractivity contribution in [3.8, 4) is 0 Å². The van der Waals surface area contributed by atoms with E-state index in [0.717, 1.165) is 17.7 Å². The molecule has 0 saturated carbocycles. The van der Waals surface area contributed by atoms with Crippen LogP contribution in [0, 0.1) is 0 Å². The van der Waals surface area contributed by atoms with Gasteiger partial charge >= 0.3 is 0 Å². The molecular formula is C23H30N2O2S. The minimum absolute atomic E-state index is 0.0171. The first-order valence-corrected chi connectivity index (χ1v) is 10.9. The minimum Gasteiger partial charge on any atom is -0.352 e. The molecule has 0 bridgehead atoms. The summed E-state index contributed by atoms with van der Waals surface area (Å²) in [5.41, 5.74) is 2.21. The first kappa shape index (κ1) is 22.0. The van der Waals surface area contributed by atoms with Crippen LogP contribution in [-0.4, -0.2) is 34.6 Å². The Kier molecular flexibility index (Phi) is 9.08. The van der Waals surface area contributed by atoms with E-state index in [0.29, 0.717) is 12.3 Å². The second-order valence-electron chi connectivity index (χ2n) is 6.98. The van der Waals surface area contributed by atoms with Crippen LogP contribution in [0.5, 0.6) is 0 Å².